The number of hydrogen-bond acceptors (Lipinski definition) is 2. The number of unbranched alkanes of at least 4 members (excludes halogenated alkanes) is 1. The van der Waals surface area contributed by atoms with Crippen LogP contribution in [0.1, 0.15) is 39.5 Å². The van der Waals surface area contributed by atoms with Gasteiger partial charge in [-0.15, -0.1) is 0 Å². The fraction of sp³-hybridized carbons (Fsp3) is 0.765. The molecule has 122 valence electrons. The molecule has 0 heterocycles. The van der Waals surface area contributed by atoms with Crippen LogP contribution in [0.3, 0.4) is 0 Å². The Kier molecular flexibility index (Phi) is 9.22. The molecule has 3 atom stereocenters. The molecule has 0 saturated carbocycles. The van der Waals surface area contributed by atoms with E-state index < -0.39 is 0 Å². The third kappa shape index (κ3) is 5.40. The van der Waals surface area contributed by atoms with Crippen LogP contribution in [-0.4, -0.2) is 30.0 Å². The monoisotopic (exact) mass is 422 g/mol. The van der Waals surface area contributed by atoms with Crippen molar-refractivity contribution in [1.82, 2.24) is 0 Å². The maximum absolute atomic E-state index is 6.03. The fourth-order valence-electron chi connectivity index (χ4n) is 2.54. The first-order valence-corrected chi connectivity index (χ1v) is 10.1. The van der Waals surface area contributed by atoms with Gasteiger partial charge in [0.05, 0.1) is 6.61 Å². The fourth-order valence-corrected chi connectivity index (χ4v) is 4.11. The Bertz CT molecular complexity index is 349. The van der Waals surface area contributed by atoms with Gasteiger partial charge in [-0.1, -0.05) is 65.0 Å². The summed E-state index contributed by atoms with van der Waals surface area (Å²) in [5, 5.41) is 1.64. The van der Waals surface area contributed by atoms with Gasteiger partial charge in [-0.2, -0.15) is 0 Å². The molecule has 21 heavy (non-hydrogen) atoms. The van der Waals surface area contributed by atoms with Crippen LogP contribution in [0.25, 0.3) is 0 Å². The summed E-state index contributed by atoms with van der Waals surface area (Å²) in [6.07, 6.45) is 11.3. The molecule has 3 unspecified atom stereocenters. The molecule has 0 fully saturated rings. The highest BCUT2D eigenvalue weighted by atomic mass is 79.9. The van der Waals surface area contributed by atoms with Crippen LogP contribution < -0.4 is 0 Å². The van der Waals surface area contributed by atoms with Gasteiger partial charge in [0.15, 0.2) is 0 Å². The second-order valence-corrected chi connectivity index (χ2v) is 6.89. The molecule has 1 aliphatic carbocycles. The van der Waals surface area contributed by atoms with Crippen molar-refractivity contribution in [2.45, 2.75) is 45.1 Å². The van der Waals surface area contributed by atoms with Crippen molar-refractivity contribution >= 4 is 31.9 Å². The van der Waals surface area contributed by atoms with Crippen molar-refractivity contribution in [1.29, 1.82) is 0 Å². The standard InChI is InChI=1S/C17H28Br2O2/c1-4-6-7-14(5-2)12-21-16-8-9-17(13-19,20-3)15(10-16)11-18/h8-10,14-15H,4-7,11-13H2,1-3H3. The van der Waals surface area contributed by atoms with E-state index >= 15 is 0 Å². The third-order valence-corrected chi connectivity index (χ3v) is 5.88. The summed E-state index contributed by atoms with van der Waals surface area (Å²) in [4.78, 5) is 0. The molecule has 1 rings (SSSR count). The Labute approximate surface area is 146 Å². The quantitative estimate of drug-likeness (QED) is 0.434. The topological polar surface area (TPSA) is 18.5 Å². The Hall–Kier alpha value is 0.200. The van der Waals surface area contributed by atoms with E-state index in [4.69, 9.17) is 9.47 Å². The number of allylic oxidation sites excluding steroid dienone is 1. The highest BCUT2D eigenvalue weighted by Gasteiger charge is 2.36. The van der Waals surface area contributed by atoms with Crippen LogP contribution in [0.4, 0.5) is 0 Å². The van der Waals surface area contributed by atoms with Gasteiger partial charge in [0.1, 0.15) is 11.4 Å². The minimum atomic E-state index is -0.275. The van der Waals surface area contributed by atoms with E-state index in [2.05, 4.69) is 63.9 Å². The molecule has 0 aromatic rings. The van der Waals surface area contributed by atoms with Gasteiger partial charge in [0, 0.05) is 23.7 Å². The van der Waals surface area contributed by atoms with Crippen LogP contribution in [0.5, 0.6) is 0 Å². The molecule has 1 aliphatic rings. The van der Waals surface area contributed by atoms with Crippen molar-refractivity contribution in [3.05, 3.63) is 24.0 Å². The minimum Gasteiger partial charge on any atom is -0.494 e. The van der Waals surface area contributed by atoms with Gasteiger partial charge in [-0.05, 0) is 30.6 Å². The van der Waals surface area contributed by atoms with E-state index in [1.807, 2.05) is 0 Å². The van der Waals surface area contributed by atoms with Crippen molar-refractivity contribution in [2.75, 3.05) is 24.4 Å². The lowest BCUT2D eigenvalue weighted by Crippen LogP contribution is -2.41. The molecular weight excluding hydrogens is 396 g/mol. The van der Waals surface area contributed by atoms with E-state index in [1.165, 1.54) is 25.7 Å². The Balaban J connectivity index is 2.61. The molecule has 0 aliphatic heterocycles. The largest absolute Gasteiger partial charge is 0.494 e. The van der Waals surface area contributed by atoms with Crippen LogP contribution in [0.2, 0.25) is 0 Å². The first-order valence-electron chi connectivity index (χ1n) is 7.86. The van der Waals surface area contributed by atoms with Crippen LogP contribution >= 0.6 is 31.9 Å². The smallest absolute Gasteiger partial charge is 0.115 e. The number of hydrogen-bond donors (Lipinski definition) is 0. The average Bonchev–Trinajstić information content (AvgIpc) is 2.54. The second-order valence-electron chi connectivity index (χ2n) is 5.68. The number of ether oxygens (including phenoxy) is 2. The summed E-state index contributed by atoms with van der Waals surface area (Å²) in [6.45, 7) is 5.30. The second kappa shape index (κ2) is 10.1. The van der Waals surface area contributed by atoms with E-state index in [9.17, 15) is 0 Å². The van der Waals surface area contributed by atoms with Crippen molar-refractivity contribution < 1.29 is 9.47 Å². The van der Waals surface area contributed by atoms with E-state index in [0.717, 1.165) is 23.0 Å². The summed E-state index contributed by atoms with van der Waals surface area (Å²) in [6, 6.07) is 0. The zero-order valence-corrected chi connectivity index (χ0v) is 16.6. The molecule has 2 nitrogen and oxygen atoms in total. The molecular formula is C17H28Br2O2. The minimum absolute atomic E-state index is 0.275. The molecule has 0 N–H and O–H groups in total. The lowest BCUT2D eigenvalue weighted by Gasteiger charge is -2.36. The van der Waals surface area contributed by atoms with Crippen molar-refractivity contribution in [3.8, 4) is 0 Å². The van der Waals surface area contributed by atoms with Crippen molar-refractivity contribution in [2.24, 2.45) is 11.8 Å². The highest BCUT2D eigenvalue weighted by molar-refractivity contribution is 9.09. The normalized spacial score (nSPS) is 26.5. The molecule has 4 heteroatoms. The molecule has 0 amide bonds. The first kappa shape index (κ1) is 19.2. The Morgan fingerprint density at radius 3 is 2.62 bits per heavy atom. The van der Waals surface area contributed by atoms with E-state index in [1.54, 1.807) is 7.11 Å². The van der Waals surface area contributed by atoms with E-state index in [-0.39, 0.29) is 11.5 Å². The summed E-state index contributed by atoms with van der Waals surface area (Å²) in [7, 11) is 1.76. The van der Waals surface area contributed by atoms with Gasteiger partial charge in [0.2, 0.25) is 0 Å². The maximum atomic E-state index is 6.03. The van der Waals surface area contributed by atoms with Crippen LogP contribution in [0.15, 0.2) is 24.0 Å². The Morgan fingerprint density at radius 2 is 2.10 bits per heavy atom. The van der Waals surface area contributed by atoms with Crippen molar-refractivity contribution in [3.63, 3.8) is 0 Å². The SMILES string of the molecule is CCCCC(CC)COC1=CC(CBr)C(CBr)(OC)C=C1. The molecule has 0 bridgehead atoms. The summed E-state index contributed by atoms with van der Waals surface area (Å²) >= 11 is 7.15. The number of rotatable bonds is 10. The van der Waals surface area contributed by atoms with Gasteiger partial charge < -0.3 is 9.47 Å². The van der Waals surface area contributed by atoms with E-state index in [0.29, 0.717) is 5.92 Å². The lowest BCUT2D eigenvalue weighted by molar-refractivity contribution is 0.0218. The lowest BCUT2D eigenvalue weighted by atomic mass is 9.86. The zero-order valence-electron chi connectivity index (χ0n) is 13.4. The summed E-state index contributed by atoms with van der Waals surface area (Å²) < 4.78 is 11.7. The predicted octanol–water partition coefficient (Wildman–Crippen LogP) is 5.46. The molecule has 0 spiro atoms. The van der Waals surface area contributed by atoms with Gasteiger partial charge >= 0.3 is 0 Å². The third-order valence-electron chi connectivity index (χ3n) is 4.31. The summed E-state index contributed by atoms with van der Waals surface area (Å²) in [5.41, 5.74) is -0.275. The molecule has 0 aromatic carbocycles. The van der Waals surface area contributed by atoms with Crippen LogP contribution in [0, 0.1) is 11.8 Å². The average molecular weight is 424 g/mol. The number of alkyl halides is 2. The predicted molar refractivity (Wildman–Crippen MR) is 97.3 cm³/mol. The maximum Gasteiger partial charge on any atom is 0.115 e. The molecule has 0 aromatic heterocycles. The van der Waals surface area contributed by atoms with Gasteiger partial charge in [-0.3, -0.25) is 0 Å². The number of halogens is 2. The molecule has 0 saturated heterocycles. The molecule has 0 radical (unpaired) electrons. The number of methoxy groups -OCH3 is 1. The first-order chi connectivity index (χ1) is 10.2. The summed E-state index contributed by atoms with van der Waals surface area (Å²) in [5.74, 6) is 1.91. The Morgan fingerprint density at radius 1 is 1.33 bits per heavy atom. The highest BCUT2D eigenvalue weighted by Crippen LogP contribution is 2.34. The zero-order chi connectivity index (χ0) is 15.7. The van der Waals surface area contributed by atoms with Crippen LogP contribution in [-0.2, 0) is 9.47 Å². The van der Waals surface area contributed by atoms with Gasteiger partial charge in [0.25, 0.3) is 0 Å². The van der Waals surface area contributed by atoms with Gasteiger partial charge in [-0.25, -0.2) is 0 Å².